The van der Waals surface area contributed by atoms with Gasteiger partial charge < -0.3 is 15.7 Å². The van der Waals surface area contributed by atoms with E-state index in [9.17, 15) is 4.79 Å². The number of rotatable bonds is 2. The third kappa shape index (κ3) is 1.96. The number of hydrogen-bond donors (Lipinski definition) is 2. The maximum absolute atomic E-state index is 10.8. The fourth-order valence-corrected chi connectivity index (χ4v) is 2.13. The van der Waals surface area contributed by atoms with Crippen molar-refractivity contribution in [2.45, 2.75) is 13.3 Å². The minimum atomic E-state index is -0.937. The van der Waals surface area contributed by atoms with E-state index in [1.807, 2.05) is 0 Å². The fraction of sp³-hybridized carbons (Fsp3) is 0.417. The predicted molar refractivity (Wildman–Crippen MR) is 63.8 cm³/mol. The lowest BCUT2D eigenvalue weighted by atomic mass is 10.1. The molecule has 0 aliphatic carbocycles. The molecular weight excluding hydrogens is 204 g/mol. The van der Waals surface area contributed by atoms with Gasteiger partial charge in [0, 0.05) is 13.1 Å². The van der Waals surface area contributed by atoms with Crippen molar-refractivity contribution in [3.05, 3.63) is 23.8 Å². The van der Waals surface area contributed by atoms with Crippen LogP contribution in [0.15, 0.2) is 18.2 Å². The summed E-state index contributed by atoms with van der Waals surface area (Å²) in [6.07, 6.45) is 1.17. The highest BCUT2D eigenvalue weighted by Gasteiger charge is 2.20. The third-order valence-electron chi connectivity index (χ3n) is 3.04. The van der Waals surface area contributed by atoms with Crippen LogP contribution in [0.4, 0.5) is 11.4 Å². The van der Waals surface area contributed by atoms with Gasteiger partial charge in [0.15, 0.2) is 0 Å². The molecule has 1 fully saturated rings. The SMILES string of the molecule is CC1CCN(c2ccc(C(=O)O)cc2N)C1. The van der Waals surface area contributed by atoms with Crippen LogP contribution in [0.25, 0.3) is 0 Å². The first-order valence-corrected chi connectivity index (χ1v) is 5.45. The number of nitrogens with zero attached hydrogens (tertiary/aromatic N) is 1. The first-order chi connectivity index (χ1) is 7.58. The first kappa shape index (κ1) is 10.8. The summed E-state index contributed by atoms with van der Waals surface area (Å²) < 4.78 is 0. The van der Waals surface area contributed by atoms with Crippen LogP contribution in [0.3, 0.4) is 0 Å². The highest BCUT2D eigenvalue weighted by molar-refractivity contribution is 5.90. The largest absolute Gasteiger partial charge is 0.478 e. The Morgan fingerprint density at radius 2 is 2.31 bits per heavy atom. The number of carboxylic acids is 1. The summed E-state index contributed by atoms with van der Waals surface area (Å²) in [6, 6.07) is 4.94. The quantitative estimate of drug-likeness (QED) is 0.746. The maximum atomic E-state index is 10.8. The molecule has 0 saturated carbocycles. The van der Waals surface area contributed by atoms with Crippen molar-refractivity contribution in [1.29, 1.82) is 0 Å². The van der Waals surface area contributed by atoms with Crippen LogP contribution in [0.1, 0.15) is 23.7 Å². The number of anilines is 2. The van der Waals surface area contributed by atoms with Gasteiger partial charge in [-0.05, 0) is 30.5 Å². The van der Waals surface area contributed by atoms with E-state index in [4.69, 9.17) is 10.8 Å². The van der Waals surface area contributed by atoms with Gasteiger partial charge in [0.1, 0.15) is 0 Å². The molecule has 4 nitrogen and oxygen atoms in total. The molecule has 1 aliphatic rings. The second-order valence-corrected chi connectivity index (χ2v) is 4.42. The summed E-state index contributed by atoms with van der Waals surface area (Å²) in [5, 5.41) is 8.84. The van der Waals surface area contributed by atoms with Gasteiger partial charge in [-0.2, -0.15) is 0 Å². The topological polar surface area (TPSA) is 66.6 Å². The van der Waals surface area contributed by atoms with Crippen molar-refractivity contribution in [2.75, 3.05) is 23.7 Å². The molecule has 16 heavy (non-hydrogen) atoms. The van der Waals surface area contributed by atoms with Gasteiger partial charge in [0.2, 0.25) is 0 Å². The molecular formula is C12H16N2O2. The highest BCUT2D eigenvalue weighted by atomic mass is 16.4. The Balaban J connectivity index is 2.26. The zero-order valence-electron chi connectivity index (χ0n) is 9.31. The van der Waals surface area contributed by atoms with Crippen LogP contribution in [0, 0.1) is 5.92 Å². The van der Waals surface area contributed by atoms with E-state index >= 15 is 0 Å². The van der Waals surface area contributed by atoms with Crippen LogP contribution >= 0.6 is 0 Å². The smallest absolute Gasteiger partial charge is 0.335 e. The minimum Gasteiger partial charge on any atom is -0.478 e. The van der Waals surface area contributed by atoms with Crippen LogP contribution in [-0.4, -0.2) is 24.2 Å². The van der Waals surface area contributed by atoms with Crippen molar-refractivity contribution in [3.63, 3.8) is 0 Å². The van der Waals surface area contributed by atoms with E-state index in [1.165, 1.54) is 12.5 Å². The second kappa shape index (κ2) is 4.04. The van der Waals surface area contributed by atoms with Crippen molar-refractivity contribution < 1.29 is 9.90 Å². The maximum Gasteiger partial charge on any atom is 0.335 e. The molecule has 0 aromatic heterocycles. The number of nitrogens with two attached hydrogens (primary N) is 1. The van der Waals surface area contributed by atoms with Crippen LogP contribution in [-0.2, 0) is 0 Å². The Morgan fingerprint density at radius 1 is 1.56 bits per heavy atom. The number of carbonyl (C=O) groups is 1. The van der Waals surface area contributed by atoms with Crippen molar-refractivity contribution >= 4 is 17.3 Å². The van der Waals surface area contributed by atoms with Gasteiger partial charge in [-0.1, -0.05) is 6.92 Å². The predicted octanol–water partition coefficient (Wildman–Crippen LogP) is 1.81. The summed E-state index contributed by atoms with van der Waals surface area (Å²) in [5.74, 6) is -0.258. The molecule has 3 N–H and O–H groups in total. The molecule has 1 aromatic rings. The van der Waals surface area contributed by atoms with E-state index in [-0.39, 0.29) is 5.56 Å². The molecule has 1 unspecified atom stereocenters. The lowest BCUT2D eigenvalue weighted by Gasteiger charge is -2.20. The molecule has 2 rings (SSSR count). The van der Waals surface area contributed by atoms with Crippen LogP contribution < -0.4 is 10.6 Å². The Morgan fingerprint density at radius 3 is 2.81 bits per heavy atom. The molecule has 4 heteroatoms. The van der Waals surface area contributed by atoms with Gasteiger partial charge >= 0.3 is 5.97 Å². The summed E-state index contributed by atoms with van der Waals surface area (Å²) in [7, 11) is 0. The Labute approximate surface area is 94.7 Å². The Hall–Kier alpha value is -1.71. The molecule has 1 heterocycles. The molecule has 0 spiro atoms. The summed E-state index contributed by atoms with van der Waals surface area (Å²) in [4.78, 5) is 13.0. The number of benzene rings is 1. The molecule has 1 atom stereocenters. The fourth-order valence-electron chi connectivity index (χ4n) is 2.13. The molecule has 86 valence electrons. The highest BCUT2D eigenvalue weighted by Crippen LogP contribution is 2.29. The van der Waals surface area contributed by atoms with Gasteiger partial charge in [0.25, 0.3) is 0 Å². The first-order valence-electron chi connectivity index (χ1n) is 5.45. The zero-order valence-corrected chi connectivity index (χ0v) is 9.31. The molecule has 0 amide bonds. The average molecular weight is 220 g/mol. The molecule has 1 saturated heterocycles. The lowest BCUT2D eigenvalue weighted by molar-refractivity contribution is 0.0697. The monoisotopic (exact) mass is 220 g/mol. The van der Waals surface area contributed by atoms with E-state index in [0.717, 1.165) is 18.8 Å². The number of aromatic carboxylic acids is 1. The standard InChI is InChI=1S/C12H16N2O2/c1-8-4-5-14(7-8)11-3-2-9(12(15)16)6-10(11)13/h2-3,6,8H,4-5,7,13H2,1H3,(H,15,16). The number of nitrogen functional groups attached to an aromatic ring is 1. The van der Waals surface area contributed by atoms with Crippen LogP contribution in [0.2, 0.25) is 0 Å². The zero-order chi connectivity index (χ0) is 11.7. The molecule has 1 aromatic carbocycles. The van der Waals surface area contributed by atoms with E-state index in [1.54, 1.807) is 12.1 Å². The lowest BCUT2D eigenvalue weighted by Crippen LogP contribution is -2.20. The number of hydrogen-bond acceptors (Lipinski definition) is 3. The second-order valence-electron chi connectivity index (χ2n) is 4.42. The average Bonchev–Trinajstić information content (AvgIpc) is 2.64. The Kier molecular flexibility index (Phi) is 2.73. The van der Waals surface area contributed by atoms with Crippen molar-refractivity contribution in [3.8, 4) is 0 Å². The van der Waals surface area contributed by atoms with Crippen molar-refractivity contribution in [1.82, 2.24) is 0 Å². The molecule has 0 radical (unpaired) electrons. The Bertz CT molecular complexity index is 417. The molecule has 0 bridgehead atoms. The summed E-state index contributed by atoms with van der Waals surface area (Å²) in [6.45, 7) is 4.20. The normalized spacial score (nSPS) is 20.1. The number of carboxylic acid groups (broad SMARTS) is 1. The van der Waals surface area contributed by atoms with E-state index in [2.05, 4.69) is 11.8 Å². The van der Waals surface area contributed by atoms with Gasteiger partial charge in [-0.3, -0.25) is 0 Å². The van der Waals surface area contributed by atoms with Gasteiger partial charge in [-0.25, -0.2) is 4.79 Å². The summed E-state index contributed by atoms with van der Waals surface area (Å²) in [5.41, 5.74) is 7.63. The van der Waals surface area contributed by atoms with Crippen molar-refractivity contribution in [2.24, 2.45) is 5.92 Å². The van der Waals surface area contributed by atoms with Gasteiger partial charge in [0.05, 0.1) is 16.9 Å². The minimum absolute atomic E-state index is 0.244. The van der Waals surface area contributed by atoms with E-state index < -0.39 is 5.97 Å². The molecule has 1 aliphatic heterocycles. The van der Waals surface area contributed by atoms with E-state index in [0.29, 0.717) is 11.6 Å². The summed E-state index contributed by atoms with van der Waals surface area (Å²) >= 11 is 0. The third-order valence-corrected chi connectivity index (χ3v) is 3.04. The van der Waals surface area contributed by atoms with Gasteiger partial charge in [-0.15, -0.1) is 0 Å². The van der Waals surface area contributed by atoms with Crippen LogP contribution in [0.5, 0.6) is 0 Å².